The van der Waals surface area contributed by atoms with Crippen molar-refractivity contribution in [2.75, 3.05) is 13.6 Å². The Morgan fingerprint density at radius 2 is 2.29 bits per heavy atom. The van der Waals surface area contributed by atoms with Crippen molar-refractivity contribution in [3.05, 3.63) is 24.2 Å². The SMILES string of the molecule is CC(CNC(=O)N(C)Cc1ccco1)C(=O)O. The second-order valence-electron chi connectivity index (χ2n) is 3.86. The highest BCUT2D eigenvalue weighted by Crippen LogP contribution is 2.03. The Bertz CT molecular complexity index is 375. The minimum atomic E-state index is -0.931. The molecule has 0 aliphatic rings. The Morgan fingerprint density at radius 3 is 2.82 bits per heavy atom. The van der Waals surface area contributed by atoms with E-state index in [2.05, 4.69) is 5.32 Å². The quantitative estimate of drug-likeness (QED) is 0.808. The van der Waals surface area contributed by atoms with Crippen molar-refractivity contribution in [3.8, 4) is 0 Å². The Kier molecular flexibility index (Phi) is 4.56. The first-order valence-corrected chi connectivity index (χ1v) is 5.25. The maximum Gasteiger partial charge on any atom is 0.317 e. The molecule has 17 heavy (non-hydrogen) atoms. The van der Waals surface area contributed by atoms with Crippen LogP contribution in [0.25, 0.3) is 0 Å². The standard InChI is InChI=1S/C11H16N2O4/c1-8(10(14)15)6-12-11(16)13(2)7-9-4-3-5-17-9/h3-5,8H,6-7H2,1-2H3,(H,12,16)(H,14,15). The zero-order chi connectivity index (χ0) is 12.8. The monoisotopic (exact) mass is 240 g/mol. The molecule has 0 aromatic carbocycles. The van der Waals surface area contributed by atoms with Gasteiger partial charge in [0.2, 0.25) is 0 Å². The molecule has 0 radical (unpaired) electrons. The average molecular weight is 240 g/mol. The van der Waals surface area contributed by atoms with Crippen molar-refractivity contribution in [1.29, 1.82) is 0 Å². The number of carbonyl (C=O) groups excluding carboxylic acids is 1. The summed E-state index contributed by atoms with van der Waals surface area (Å²) in [5, 5.41) is 11.2. The molecular weight excluding hydrogens is 224 g/mol. The molecule has 0 fully saturated rings. The molecule has 2 N–H and O–H groups in total. The van der Waals surface area contributed by atoms with Gasteiger partial charge in [-0.1, -0.05) is 6.92 Å². The first-order chi connectivity index (χ1) is 8.00. The van der Waals surface area contributed by atoms with Crippen molar-refractivity contribution in [2.45, 2.75) is 13.5 Å². The highest BCUT2D eigenvalue weighted by atomic mass is 16.4. The van der Waals surface area contributed by atoms with Crippen molar-refractivity contribution < 1.29 is 19.1 Å². The number of hydrogen-bond acceptors (Lipinski definition) is 3. The lowest BCUT2D eigenvalue weighted by Gasteiger charge is -2.17. The van der Waals surface area contributed by atoms with Crippen molar-refractivity contribution in [1.82, 2.24) is 10.2 Å². The Labute approximate surface area is 99.2 Å². The van der Waals surface area contributed by atoms with E-state index in [1.165, 1.54) is 18.1 Å². The van der Waals surface area contributed by atoms with E-state index in [1.807, 2.05) is 0 Å². The molecule has 1 aromatic rings. The fourth-order valence-corrected chi connectivity index (χ4v) is 1.17. The lowest BCUT2D eigenvalue weighted by atomic mass is 10.2. The molecule has 94 valence electrons. The topological polar surface area (TPSA) is 82.8 Å². The van der Waals surface area contributed by atoms with Crippen LogP contribution in [-0.2, 0) is 11.3 Å². The van der Waals surface area contributed by atoms with E-state index in [0.29, 0.717) is 12.3 Å². The molecule has 0 saturated carbocycles. The molecule has 1 unspecified atom stereocenters. The minimum absolute atomic E-state index is 0.108. The molecule has 6 heteroatoms. The van der Waals surface area contributed by atoms with Gasteiger partial charge in [0.1, 0.15) is 5.76 Å². The van der Waals surface area contributed by atoms with Crippen LogP contribution in [0.3, 0.4) is 0 Å². The van der Waals surface area contributed by atoms with Gasteiger partial charge in [-0.05, 0) is 12.1 Å². The number of nitrogens with one attached hydrogen (secondary N) is 1. The largest absolute Gasteiger partial charge is 0.481 e. The summed E-state index contributed by atoms with van der Waals surface area (Å²) in [5.41, 5.74) is 0. The molecule has 1 aromatic heterocycles. The van der Waals surface area contributed by atoms with E-state index >= 15 is 0 Å². The summed E-state index contributed by atoms with van der Waals surface area (Å²) in [6, 6.07) is 3.19. The van der Waals surface area contributed by atoms with Crippen molar-refractivity contribution >= 4 is 12.0 Å². The van der Waals surface area contributed by atoms with E-state index in [9.17, 15) is 9.59 Å². The third-order valence-corrected chi connectivity index (χ3v) is 2.30. The van der Waals surface area contributed by atoms with E-state index in [-0.39, 0.29) is 12.6 Å². The van der Waals surface area contributed by atoms with Crippen molar-refractivity contribution in [2.24, 2.45) is 5.92 Å². The number of aliphatic carboxylic acids is 1. The van der Waals surface area contributed by atoms with Gasteiger partial charge in [-0.3, -0.25) is 4.79 Å². The molecule has 2 amide bonds. The molecule has 1 rings (SSSR count). The summed E-state index contributed by atoms with van der Waals surface area (Å²) in [4.78, 5) is 23.6. The van der Waals surface area contributed by atoms with Gasteiger partial charge in [-0.15, -0.1) is 0 Å². The number of hydrogen-bond donors (Lipinski definition) is 2. The maximum atomic E-state index is 11.6. The summed E-state index contributed by atoms with van der Waals surface area (Å²) in [6.07, 6.45) is 1.54. The smallest absolute Gasteiger partial charge is 0.317 e. The normalized spacial score (nSPS) is 11.9. The van der Waals surface area contributed by atoms with Crippen LogP contribution >= 0.6 is 0 Å². The fraction of sp³-hybridized carbons (Fsp3) is 0.455. The number of amides is 2. The molecule has 0 saturated heterocycles. The molecule has 0 aliphatic carbocycles. The first-order valence-electron chi connectivity index (χ1n) is 5.25. The van der Waals surface area contributed by atoms with Gasteiger partial charge < -0.3 is 19.7 Å². The van der Waals surface area contributed by atoms with Gasteiger partial charge >= 0.3 is 12.0 Å². The van der Waals surface area contributed by atoms with Gasteiger partial charge in [0.15, 0.2) is 0 Å². The lowest BCUT2D eigenvalue weighted by molar-refractivity contribution is -0.140. The molecule has 0 spiro atoms. The summed E-state index contributed by atoms with van der Waals surface area (Å²) < 4.78 is 5.10. The van der Waals surface area contributed by atoms with Crippen LogP contribution < -0.4 is 5.32 Å². The number of rotatable bonds is 5. The zero-order valence-electron chi connectivity index (χ0n) is 9.84. The van der Waals surface area contributed by atoms with Crippen LogP contribution in [-0.4, -0.2) is 35.6 Å². The predicted octanol–water partition coefficient (Wildman–Crippen LogP) is 1.14. The number of carboxylic acid groups (broad SMARTS) is 1. The minimum Gasteiger partial charge on any atom is -0.481 e. The van der Waals surface area contributed by atoms with Crippen LogP contribution in [0.4, 0.5) is 4.79 Å². The summed E-state index contributed by atoms with van der Waals surface area (Å²) in [5.74, 6) is -0.858. The highest BCUT2D eigenvalue weighted by Gasteiger charge is 2.14. The van der Waals surface area contributed by atoms with Gasteiger partial charge in [0.05, 0.1) is 18.7 Å². The maximum absolute atomic E-state index is 11.6. The van der Waals surface area contributed by atoms with Gasteiger partial charge in [-0.2, -0.15) is 0 Å². The highest BCUT2D eigenvalue weighted by molar-refractivity contribution is 5.75. The molecule has 1 atom stereocenters. The molecule has 0 aliphatic heterocycles. The number of urea groups is 1. The van der Waals surface area contributed by atoms with E-state index in [4.69, 9.17) is 9.52 Å². The second kappa shape index (κ2) is 5.93. The van der Waals surface area contributed by atoms with Gasteiger partial charge in [-0.25, -0.2) is 4.79 Å². The van der Waals surface area contributed by atoms with Crippen LogP contribution in [0.15, 0.2) is 22.8 Å². The lowest BCUT2D eigenvalue weighted by Crippen LogP contribution is -2.40. The van der Waals surface area contributed by atoms with Crippen molar-refractivity contribution in [3.63, 3.8) is 0 Å². The predicted molar refractivity (Wildman–Crippen MR) is 60.4 cm³/mol. The summed E-state index contributed by atoms with van der Waals surface area (Å²) in [6.45, 7) is 1.99. The molecule has 0 bridgehead atoms. The van der Waals surface area contributed by atoms with Crippen LogP contribution in [0.2, 0.25) is 0 Å². The Hall–Kier alpha value is -1.98. The Balaban J connectivity index is 2.34. The number of furan rings is 1. The first kappa shape index (κ1) is 13.1. The molecule has 6 nitrogen and oxygen atoms in total. The van der Waals surface area contributed by atoms with Gasteiger partial charge in [0.25, 0.3) is 0 Å². The van der Waals surface area contributed by atoms with Crippen LogP contribution in [0.5, 0.6) is 0 Å². The number of carbonyl (C=O) groups is 2. The third kappa shape index (κ3) is 4.18. The number of nitrogens with zero attached hydrogens (tertiary/aromatic N) is 1. The van der Waals surface area contributed by atoms with Crippen LogP contribution in [0, 0.1) is 5.92 Å². The third-order valence-electron chi connectivity index (χ3n) is 2.30. The summed E-state index contributed by atoms with van der Waals surface area (Å²) in [7, 11) is 1.61. The average Bonchev–Trinajstić information content (AvgIpc) is 2.77. The van der Waals surface area contributed by atoms with Gasteiger partial charge in [0, 0.05) is 13.6 Å². The molecule has 1 heterocycles. The summed E-state index contributed by atoms with van der Waals surface area (Å²) >= 11 is 0. The molecular formula is C11H16N2O4. The zero-order valence-corrected chi connectivity index (χ0v) is 9.84. The number of carboxylic acids is 1. The van der Waals surface area contributed by atoms with E-state index in [1.54, 1.807) is 19.2 Å². The fourth-order valence-electron chi connectivity index (χ4n) is 1.17. The second-order valence-corrected chi connectivity index (χ2v) is 3.86. The van der Waals surface area contributed by atoms with E-state index in [0.717, 1.165) is 0 Å². The Morgan fingerprint density at radius 1 is 1.59 bits per heavy atom. The van der Waals surface area contributed by atoms with E-state index < -0.39 is 11.9 Å². The van der Waals surface area contributed by atoms with Crippen LogP contribution in [0.1, 0.15) is 12.7 Å².